The van der Waals surface area contributed by atoms with Gasteiger partial charge < -0.3 is 15.8 Å². The third-order valence-corrected chi connectivity index (χ3v) is 2.43. The average Bonchev–Trinajstić information content (AvgIpc) is 2.58. The molecule has 0 aromatic heterocycles. The molecule has 16 heavy (non-hydrogen) atoms. The van der Waals surface area contributed by atoms with E-state index in [1.54, 1.807) is 6.07 Å². The standard InChI is InChI=1S/C11H13FN2O2/c12-8-1-2-10-7(3-8)4-9(16-10)5-14-6-11(13)15/h1-3,9,14H,4-6H2,(H2,13,15). The molecule has 1 amide bonds. The van der Waals surface area contributed by atoms with E-state index >= 15 is 0 Å². The molecule has 0 fully saturated rings. The molecule has 1 unspecified atom stereocenters. The van der Waals surface area contributed by atoms with Gasteiger partial charge in [0.15, 0.2) is 0 Å². The van der Waals surface area contributed by atoms with Crippen LogP contribution in [-0.2, 0) is 11.2 Å². The van der Waals surface area contributed by atoms with Gasteiger partial charge in [-0.3, -0.25) is 4.79 Å². The molecule has 3 N–H and O–H groups in total. The number of benzene rings is 1. The highest BCUT2D eigenvalue weighted by Crippen LogP contribution is 2.28. The summed E-state index contributed by atoms with van der Waals surface area (Å²) in [5.41, 5.74) is 5.86. The summed E-state index contributed by atoms with van der Waals surface area (Å²) in [4.78, 5) is 10.5. The molecule has 1 aliphatic rings. The molecule has 0 aliphatic carbocycles. The van der Waals surface area contributed by atoms with Crippen LogP contribution >= 0.6 is 0 Å². The molecular weight excluding hydrogens is 211 g/mol. The summed E-state index contributed by atoms with van der Waals surface area (Å²) in [6.45, 7) is 0.657. The second kappa shape index (κ2) is 4.49. The van der Waals surface area contributed by atoms with Crippen LogP contribution in [0.3, 0.4) is 0 Å². The van der Waals surface area contributed by atoms with Gasteiger partial charge in [-0.1, -0.05) is 0 Å². The van der Waals surface area contributed by atoms with Crippen LogP contribution in [0.1, 0.15) is 5.56 Å². The summed E-state index contributed by atoms with van der Waals surface area (Å²) in [7, 11) is 0. The normalized spacial score (nSPS) is 17.9. The third kappa shape index (κ3) is 2.49. The second-order valence-electron chi connectivity index (χ2n) is 3.79. The van der Waals surface area contributed by atoms with E-state index in [1.807, 2.05) is 0 Å². The van der Waals surface area contributed by atoms with Gasteiger partial charge >= 0.3 is 0 Å². The summed E-state index contributed by atoms with van der Waals surface area (Å²) in [5, 5.41) is 2.88. The first kappa shape index (κ1) is 10.9. The first-order chi connectivity index (χ1) is 7.65. The zero-order chi connectivity index (χ0) is 11.5. The first-order valence-electron chi connectivity index (χ1n) is 5.09. The highest BCUT2D eigenvalue weighted by molar-refractivity contribution is 5.75. The Bertz CT molecular complexity index is 409. The number of nitrogens with one attached hydrogen (secondary N) is 1. The Morgan fingerprint density at radius 2 is 2.44 bits per heavy atom. The van der Waals surface area contributed by atoms with Gasteiger partial charge in [-0.2, -0.15) is 0 Å². The smallest absolute Gasteiger partial charge is 0.231 e. The van der Waals surface area contributed by atoms with E-state index in [9.17, 15) is 9.18 Å². The van der Waals surface area contributed by atoms with Crippen LogP contribution in [0.4, 0.5) is 4.39 Å². The number of hydrogen-bond acceptors (Lipinski definition) is 3. The SMILES string of the molecule is NC(=O)CNCC1Cc2cc(F)ccc2O1. The topological polar surface area (TPSA) is 64.4 Å². The van der Waals surface area contributed by atoms with Gasteiger partial charge in [0.1, 0.15) is 17.7 Å². The van der Waals surface area contributed by atoms with Crippen molar-refractivity contribution in [1.29, 1.82) is 0 Å². The lowest BCUT2D eigenvalue weighted by Gasteiger charge is -2.10. The maximum atomic E-state index is 12.9. The summed E-state index contributed by atoms with van der Waals surface area (Å²) in [5.74, 6) is 0.0573. The van der Waals surface area contributed by atoms with E-state index in [1.165, 1.54) is 12.1 Å². The molecular formula is C11H13FN2O2. The van der Waals surface area contributed by atoms with Crippen molar-refractivity contribution >= 4 is 5.91 Å². The Labute approximate surface area is 92.6 Å². The fraction of sp³-hybridized carbons (Fsp3) is 0.364. The maximum Gasteiger partial charge on any atom is 0.231 e. The summed E-state index contributed by atoms with van der Waals surface area (Å²) >= 11 is 0. The van der Waals surface area contributed by atoms with Crippen LogP contribution in [0.25, 0.3) is 0 Å². The molecule has 0 spiro atoms. The predicted molar refractivity (Wildman–Crippen MR) is 56.6 cm³/mol. The molecule has 1 heterocycles. The molecule has 1 atom stereocenters. The van der Waals surface area contributed by atoms with Crippen LogP contribution < -0.4 is 15.8 Å². The quantitative estimate of drug-likeness (QED) is 0.768. The van der Waals surface area contributed by atoms with Crippen molar-refractivity contribution in [3.8, 4) is 5.75 Å². The van der Waals surface area contributed by atoms with Crippen LogP contribution in [0.5, 0.6) is 5.75 Å². The minimum atomic E-state index is -0.401. The molecule has 4 nitrogen and oxygen atoms in total. The Morgan fingerprint density at radius 1 is 1.62 bits per heavy atom. The Balaban J connectivity index is 1.88. The molecule has 0 bridgehead atoms. The fourth-order valence-electron chi connectivity index (χ4n) is 1.76. The van der Waals surface area contributed by atoms with E-state index in [0.717, 1.165) is 5.56 Å². The van der Waals surface area contributed by atoms with Gasteiger partial charge in [-0.15, -0.1) is 0 Å². The molecule has 1 aromatic rings. The van der Waals surface area contributed by atoms with Gasteiger partial charge in [-0.05, 0) is 18.2 Å². The van der Waals surface area contributed by atoms with Crippen LogP contribution in [-0.4, -0.2) is 25.1 Å². The number of rotatable bonds is 4. The number of halogens is 1. The van der Waals surface area contributed by atoms with E-state index < -0.39 is 5.91 Å². The van der Waals surface area contributed by atoms with Crippen LogP contribution in [0, 0.1) is 5.82 Å². The van der Waals surface area contributed by atoms with Gasteiger partial charge in [0, 0.05) is 18.5 Å². The molecule has 0 radical (unpaired) electrons. The number of carbonyl (C=O) groups is 1. The average molecular weight is 224 g/mol. The molecule has 0 saturated carbocycles. The van der Waals surface area contributed by atoms with Crippen molar-refractivity contribution in [1.82, 2.24) is 5.32 Å². The number of ether oxygens (including phenoxy) is 1. The molecule has 0 saturated heterocycles. The van der Waals surface area contributed by atoms with E-state index in [0.29, 0.717) is 18.7 Å². The highest BCUT2D eigenvalue weighted by Gasteiger charge is 2.22. The minimum Gasteiger partial charge on any atom is -0.488 e. The summed E-state index contributed by atoms with van der Waals surface area (Å²) in [6.07, 6.45) is 0.593. The monoisotopic (exact) mass is 224 g/mol. The van der Waals surface area contributed by atoms with Crippen LogP contribution in [0.2, 0.25) is 0 Å². The van der Waals surface area contributed by atoms with Gasteiger partial charge in [0.05, 0.1) is 6.54 Å². The second-order valence-corrected chi connectivity index (χ2v) is 3.79. The molecule has 1 aromatic carbocycles. The fourth-order valence-corrected chi connectivity index (χ4v) is 1.76. The lowest BCUT2D eigenvalue weighted by atomic mass is 10.1. The van der Waals surface area contributed by atoms with E-state index in [-0.39, 0.29) is 18.5 Å². The van der Waals surface area contributed by atoms with Crippen LogP contribution in [0.15, 0.2) is 18.2 Å². The Morgan fingerprint density at radius 3 is 3.19 bits per heavy atom. The van der Waals surface area contributed by atoms with Gasteiger partial charge in [0.2, 0.25) is 5.91 Å². The van der Waals surface area contributed by atoms with E-state index in [4.69, 9.17) is 10.5 Å². The van der Waals surface area contributed by atoms with Crippen molar-refractivity contribution < 1.29 is 13.9 Å². The zero-order valence-corrected chi connectivity index (χ0v) is 8.70. The number of fused-ring (bicyclic) bond motifs is 1. The first-order valence-corrected chi connectivity index (χ1v) is 5.09. The number of hydrogen-bond donors (Lipinski definition) is 2. The number of carbonyl (C=O) groups excluding carboxylic acids is 1. The molecule has 2 rings (SSSR count). The predicted octanol–water partition coefficient (Wildman–Crippen LogP) is 0.204. The summed E-state index contributed by atoms with van der Waals surface area (Å²) < 4.78 is 18.5. The molecule has 5 heteroatoms. The maximum absolute atomic E-state index is 12.9. The summed E-state index contributed by atoms with van der Waals surface area (Å²) in [6, 6.07) is 4.47. The van der Waals surface area contributed by atoms with Crippen molar-refractivity contribution in [2.45, 2.75) is 12.5 Å². The highest BCUT2D eigenvalue weighted by atomic mass is 19.1. The number of amides is 1. The third-order valence-electron chi connectivity index (χ3n) is 2.43. The lowest BCUT2D eigenvalue weighted by Crippen LogP contribution is -2.35. The minimum absolute atomic E-state index is 0.0591. The lowest BCUT2D eigenvalue weighted by molar-refractivity contribution is -0.117. The zero-order valence-electron chi connectivity index (χ0n) is 8.70. The van der Waals surface area contributed by atoms with Gasteiger partial charge in [-0.25, -0.2) is 4.39 Å². The Hall–Kier alpha value is -1.62. The van der Waals surface area contributed by atoms with Gasteiger partial charge in [0.25, 0.3) is 0 Å². The van der Waals surface area contributed by atoms with Crippen molar-refractivity contribution in [2.24, 2.45) is 5.73 Å². The van der Waals surface area contributed by atoms with E-state index in [2.05, 4.69) is 5.32 Å². The Kier molecular flexibility index (Phi) is 3.05. The number of nitrogens with two attached hydrogens (primary N) is 1. The van der Waals surface area contributed by atoms with Crippen molar-refractivity contribution in [2.75, 3.05) is 13.1 Å². The largest absolute Gasteiger partial charge is 0.488 e. The molecule has 86 valence electrons. The number of primary amides is 1. The van der Waals surface area contributed by atoms with Crippen molar-refractivity contribution in [3.05, 3.63) is 29.6 Å². The molecule has 1 aliphatic heterocycles. The van der Waals surface area contributed by atoms with Crippen molar-refractivity contribution in [3.63, 3.8) is 0 Å².